The fourth-order valence-corrected chi connectivity index (χ4v) is 3.96. The molecule has 1 N–H and O–H groups in total. The van der Waals surface area contributed by atoms with Crippen LogP contribution >= 0.6 is 0 Å². The van der Waals surface area contributed by atoms with E-state index in [-0.39, 0.29) is 11.8 Å². The molecule has 2 aliphatic rings. The van der Waals surface area contributed by atoms with Crippen molar-refractivity contribution in [3.8, 4) is 0 Å². The predicted octanol–water partition coefficient (Wildman–Crippen LogP) is 3.21. The molecule has 5 nitrogen and oxygen atoms in total. The third kappa shape index (κ3) is 3.50. The summed E-state index contributed by atoms with van der Waals surface area (Å²) in [6, 6.07) is 8.11. The number of aromatic nitrogens is 2. The average Bonchev–Trinajstić information content (AvgIpc) is 2.69. The second kappa shape index (κ2) is 7.21. The standard InChI is InChI=1S/C20H24N4O/c25-19(23-18-10-3-7-15-6-1-2-9-17(15)18)16-8-4-13-24(14-16)20-21-11-5-12-22-20/h3,5,7,10-12,16H,1-2,4,6,8-9,13-14H2,(H,23,25). The predicted molar refractivity (Wildman–Crippen MR) is 98.7 cm³/mol. The van der Waals surface area contributed by atoms with Crippen LogP contribution in [0, 0.1) is 5.92 Å². The fourth-order valence-electron chi connectivity index (χ4n) is 3.96. The Morgan fingerprint density at radius 3 is 2.80 bits per heavy atom. The van der Waals surface area contributed by atoms with Crippen LogP contribution in [-0.4, -0.2) is 29.0 Å². The van der Waals surface area contributed by atoms with E-state index in [0.717, 1.165) is 43.9 Å². The lowest BCUT2D eigenvalue weighted by molar-refractivity contribution is -0.120. The van der Waals surface area contributed by atoms with Crippen molar-refractivity contribution in [2.75, 3.05) is 23.3 Å². The van der Waals surface area contributed by atoms with E-state index >= 15 is 0 Å². The van der Waals surface area contributed by atoms with Gasteiger partial charge in [0.05, 0.1) is 5.92 Å². The van der Waals surface area contributed by atoms with E-state index in [1.807, 2.05) is 12.1 Å². The van der Waals surface area contributed by atoms with Gasteiger partial charge < -0.3 is 10.2 Å². The molecule has 4 rings (SSSR count). The minimum Gasteiger partial charge on any atom is -0.340 e. The van der Waals surface area contributed by atoms with Crippen LogP contribution in [0.5, 0.6) is 0 Å². The molecule has 2 aromatic rings. The Kier molecular flexibility index (Phi) is 4.63. The van der Waals surface area contributed by atoms with Gasteiger partial charge in [0.25, 0.3) is 0 Å². The second-order valence-corrected chi connectivity index (χ2v) is 6.97. The summed E-state index contributed by atoms with van der Waals surface area (Å²) in [5.74, 6) is 0.827. The van der Waals surface area contributed by atoms with Gasteiger partial charge >= 0.3 is 0 Å². The van der Waals surface area contributed by atoms with E-state index in [1.165, 1.54) is 24.0 Å². The first-order valence-electron chi connectivity index (χ1n) is 9.25. The first-order chi connectivity index (χ1) is 12.3. The summed E-state index contributed by atoms with van der Waals surface area (Å²) in [6.07, 6.45) is 10.1. The first-order valence-corrected chi connectivity index (χ1v) is 9.25. The summed E-state index contributed by atoms with van der Waals surface area (Å²) in [6.45, 7) is 1.60. The van der Waals surface area contributed by atoms with Crippen LogP contribution in [-0.2, 0) is 17.6 Å². The maximum atomic E-state index is 12.9. The van der Waals surface area contributed by atoms with Gasteiger partial charge in [0.1, 0.15) is 0 Å². The lowest BCUT2D eigenvalue weighted by atomic mass is 9.90. The Balaban J connectivity index is 1.46. The van der Waals surface area contributed by atoms with Gasteiger partial charge in [-0.1, -0.05) is 12.1 Å². The number of fused-ring (bicyclic) bond motifs is 1. The van der Waals surface area contributed by atoms with Crippen molar-refractivity contribution in [1.29, 1.82) is 0 Å². The zero-order valence-corrected chi connectivity index (χ0v) is 14.4. The number of anilines is 2. The number of piperidine rings is 1. The van der Waals surface area contributed by atoms with Crippen molar-refractivity contribution in [2.24, 2.45) is 5.92 Å². The highest BCUT2D eigenvalue weighted by Crippen LogP contribution is 2.29. The molecule has 1 aromatic carbocycles. The maximum absolute atomic E-state index is 12.9. The van der Waals surface area contributed by atoms with Crippen molar-refractivity contribution in [3.05, 3.63) is 47.8 Å². The molecule has 0 bridgehead atoms. The number of hydrogen-bond donors (Lipinski definition) is 1. The third-order valence-corrected chi connectivity index (χ3v) is 5.28. The first kappa shape index (κ1) is 16.1. The average molecular weight is 336 g/mol. The molecule has 1 fully saturated rings. The lowest BCUT2D eigenvalue weighted by Gasteiger charge is -2.32. The smallest absolute Gasteiger partial charge is 0.229 e. The zero-order chi connectivity index (χ0) is 17.1. The molecule has 25 heavy (non-hydrogen) atoms. The number of nitrogens with zero attached hydrogens (tertiary/aromatic N) is 3. The molecule has 1 aliphatic carbocycles. The molecule has 1 unspecified atom stereocenters. The number of carbonyl (C=O) groups is 1. The van der Waals surface area contributed by atoms with Crippen molar-refractivity contribution in [2.45, 2.75) is 38.5 Å². The molecule has 1 atom stereocenters. The van der Waals surface area contributed by atoms with Gasteiger partial charge in [-0.3, -0.25) is 4.79 Å². The normalized spacial score (nSPS) is 20.0. The Labute approximate surface area is 148 Å². The van der Waals surface area contributed by atoms with Crippen LogP contribution in [0.1, 0.15) is 36.8 Å². The van der Waals surface area contributed by atoms with Crippen LogP contribution < -0.4 is 10.2 Å². The van der Waals surface area contributed by atoms with Crippen molar-refractivity contribution in [3.63, 3.8) is 0 Å². The van der Waals surface area contributed by atoms with Crippen molar-refractivity contribution in [1.82, 2.24) is 9.97 Å². The summed E-state index contributed by atoms with van der Waals surface area (Å²) in [5.41, 5.74) is 3.74. The number of hydrogen-bond acceptors (Lipinski definition) is 4. The molecular formula is C20H24N4O. The SMILES string of the molecule is O=C(Nc1cccc2c1CCCC2)C1CCCN(c2ncccn2)C1. The molecule has 0 saturated carbocycles. The summed E-state index contributed by atoms with van der Waals surface area (Å²) in [4.78, 5) is 23.6. The topological polar surface area (TPSA) is 58.1 Å². The number of carbonyl (C=O) groups excluding carboxylic acids is 1. The Hall–Kier alpha value is -2.43. The van der Waals surface area contributed by atoms with Gasteiger partial charge in [-0.25, -0.2) is 9.97 Å². The molecule has 0 spiro atoms. The molecule has 1 aromatic heterocycles. The van der Waals surface area contributed by atoms with Crippen LogP contribution in [0.15, 0.2) is 36.7 Å². The molecule has 1 amide bonds. The molecule has 130 valence electrons. The van der Waals surface area contributed by atoms with Gasteiger partial charge in [0, 0.05) is 31.2 Å². The summed E-state index contributed by atoms with van der Waals surface area (Å²) in [5, 5.41) is 3.21. The maximum Gasteiger partial charge on any atom is 0.229 e. The van der Waals surface area contributed by atoms with Gasteiger partial charge in [-0.05, 0) is 61.8 Å². The lowest BCUT2D eigenvalue weighted by Crippen LogP contribution is -2.41. The summed E-state index contributed by atoms with van der Waals surface area (Å²) < 4.78 is 0. The zero-order valence-electron chi connectivity index (χ0n) is 14.4. The van der Waals surface area contributed by atoms with Crippen molar-refractivity contribution >= 4 is 17.5 Å². The van der Waals surface area contributed by atoms with Gasteiger partial charge in [0.15, 0.2) is 0 Å². The monoisotopic (exact) mass is 336 g/mol. The van der Waals surface area contributed by atoms with Crippen molar-refractivity contribution < 1.29 is 4.79 Å². The number of benzene rings is 1. The highest BCUT2D eigenvalue weighted by atomic mass is 16.1. The van der Waals surface area contributed by atoms with E-state index in [0.29, 0.717) is 6.54 Å². The molecule has 0 radical (unpaired) electrons. The number of amides is 1. The van der Waals surface area contributed by atoms with Gasteiger partial charge in [-0.2, -0.15) is 0 Å². The van der Waals surface area contributed by atoms with Crippen LogP contribution in [0.2, 0.25) is 0 Å². The minimum absolute atomic E-state index is 0.0167. The quantitative estimate of drug-likeness (QED) is 0.935. The minimum atomic E-state index is -0.0167. The van der Waals surface area contributed by atoms with E-state index in [9.17, 15) is 4.79 Å². The van der Waals surface area contributed by atoms with Crippen LogP contribution in [0.25, 0.3) is 0 Å². The number of rotatable bonds is 3. The number of aryl methyl sites for hydroxylation is 1. The molecule has 2 heterocycles. The Morgan fingerprint density at radius 2 is 1.92 bits per heavy atom. The highest BCUT2D eigenvalue weighted by Gasteiger charge is 2.27. The third-order valence-electron chi connectivity index (χ3n) is 5.28. The number of nitrogens with one attached hydrogen (secondary N) is 1. The molecule has 1 aliphatic heterocycles. The summed E-state index contributed by atoms with van der Waals surface area (Å²) >= 11 is 0. The van der Waals surface area contributed by atoms with Gasteiger partial charge in [0.2, 0.25) is 11.9 Å². The summed E-state index contributed by atoms with van der Waals surface area (Å²) in [7, 11) is 0. The second-order valence-electron chi connectivity index (χ2n) is 6.97. The van der Waals surface area contributed by atoms with Crippen LogP contribution in [0.4, 0.5) is 11.6 Å². The Morgan fingerprint density at radius 1 is 1.08 bits per heavy atom. The Bertz CT molecular complexity index is 747. The molecular weight excluding hydrogens is 312 g/mol. The molecule has 5 heteroatoms. The van der Waals surface area contributed by atoms with Gasteiger partial charge in [-0.15, -0.1) is 0 Å². The van der Waals surface area contributed by atoms with E-state index < -0.39 is 0 Å². The highest BCUT2D eigenvalue weighted by molar-refractivity contribution is 5.94. The van der Waals surface area contributed by atoms with Crippen LogP contribution in [0.3, 0.4) is 0 Å². The fraction of sp³-hybridized carbons (Fsp3) is 0.450. The molecule has 1 saturated heterocycles. The van der Waals surface area contributed by atoms with E-state index in [4.69, 9.17) is 0 Å². The largest absolute Gasteiger partial charge is 0.340 e. The van der Waals surface area contributed by atoms with E-state index in [1.54, 1.807) is 12.4 Å². The van der Waals surface area contributed by atoms with E-state index in [2.05, 4.69) is 32.3 Å².